The van der Waals surface area contributed by atoms with Crippen LogP contribution in [0.1, 0.15) is 17.7 Å². The number of rotatable bonds is 6. The molecule has 24 heavy (non-hydrogen) atoms. The van der Waals surface area contributed by atoms with E-state index in [1.807, 2.05) is 0 Å². The average Bonchev–Trinajstić information content (AvgIpc) is 2.58. The number of aryl methyl sites for hydroxylation is 1. The lowest BCUT2D eigenvalue weighted by molar-refractivity contribution is 0.151. The van der Waals surface area contributed by atoms with Crippen LogP contribution in [0.3, 0.4) is 0 Å². The molecule has 1 aromatic heterocycles. The summed E-state index contributed by atoms with van der Waals surface area (Å²) < 4.78 is 43.5. The van der Waals surface area contributed by atoms with E-state index in [1.54, 1.807) is 6.07 Å². The summed E-state index contributed by atoms with van der Waals surface area (Å²) in [6, 6.07) is 5.55. The molecule has 1 aromatic carbocycles. The quantitative estimate of drug-likeness (QED) is 0.499. The number of hydrazone groups is 1. The Labute approximate surface area is 135 Å². The fraction of sp³-hybridized carbons (Fsp3) is 0.200. The first-order valence-electron chi connectivity index (χ1n) is 6.80. The van der Waals surface area contributed by atoms with E-state index >= 15 is 0 Å². The molecule has 0 atom stereocenters. The number of nitrogens with two attached hydrogens (primary N) is 1. The van der Waals surface area contributed by atoms with Gasteiger partial charge in [0, 0.05) is 5.56 Å². The summed E-state index contributed by atoms with van der Waals surface area (Å²) in [4.78, 5) is 11.5. The van der Waals surface area contributed by atoms with Gasteiger partial charge in [0.2, 0.25) is 0 Å². The highest BCUT2D eigenvalue weighted by Gasteiger charge is 2.07. The molecule has 0 aliphatic carbocycles. The normalized spacial score (nSPS) is 12.1. The minimum absolute atomic E-state index is 0.0388. The molecule has 0 saturated heterocycles. The topological polar surface area (TPSA) is 85.8 Å². The number of aromatic nitrogens is 2. The van der Waals surface area contributed by atoms with Crippen molar-refractivity contribution in [3.8, 4) is 6.01 Å². The third-order valence-electron chi connectivity index (χ3n) is 2.90. The smallest absolute Gasteiger partial charge is 0.317 e. The lowest BCUT2D eigenvalue weighted by atomic mass is 10.2. The minimum atomic E-state index is -2.58. The van der Waals surface area contributed by atoms with Crippen molar-refractivity contribution in [3.63, 3.8) is 0 Å². The molecule has 0 spiro atoms. The molecule has 0 bridgehead atoms. The van der Waals surface area contributed by atoms with Gasteiger partial charge in [-0.25, -0.2) is 18.2 Å². The predicted molar refractivity (Wildman–Crippen MR) is 83.4 cm³/mol. The number of aliphatic imine (C=N–C) groups is 1. The molecule has 1 heterocycles. The zero-order chi connectivity index (χ0) is 17.5. The van der Waals surface area contributed by atoms with Crippen LogP contribution in [-0.4, -0.2) is 28.5 Å². The number of halogens is 3. The SMILES string of the molecule is Cc1nc(OCC(C=Nc2cccc(C(F)F)c2)=NN)ncc1F. The van der Waals surface area contributed by atoms with Crippen LogP contribution in [-0.2, 0) is 0 Å². The molecule has 0 amide bonds. The van der Waals surface area contributed by atoms with Crippen LogP contribution in [0.15, 0.2) is 40.6 Å². The van der Waals surface area contributed by atoms with Gasteiger partial charge < -0.3 is 10.6 Å². The second-order valence-corrected chi connectivity index (χ2v) is 4.65. The molecule has 9 heteroatoms. The molecule has 2 aromatic rings. The van der Waals surface area contributed by atoms with Crippen LogP contribution in [0.5, 0.6) is 6.01 Å². The van der Waals surface area contributed by atoms with Crippen molar-refractivity contribution in [1.29, 1.82) is 0 Å². The Morgan fingerprint density at radius 3 is 2.88 bits per heavy atom. The Morgan fingerprint density at radius 2 is 2.21 bits per heavy atom. The van der Waals surface area contributed by atoms with Gasteiger partial charge in [-0.15, -0.1) is 0 Å². The van der Waals surface area contributed by atoms with Crippen LogP contribution < -0.4 is 10.6 Å². The van der Waals surface area contributed by atoms with Gasteiger partial charge in [-0.05, 0) is 19.1 Å². The van der Waals surface area contributed by atoms with Crippen LogP contribution in [0, 0.1) is 12.7 Å². The fourth-order valence-corrected chi connectivity index (χ4v) is 1.64. The van der Waals surface area contributed by atoms with Crippen molar-refractivity contribution in [2.24, 2.45) is 15.9 Å². The largest absolute Gasteiger partial charge is 0.457 e. The molecule has 0 aliphatic heterocycles. The number of ether oxygens (including phenoxy) is 1. The van der Waals surface area contributed by atoms with Crippen molar-refractivity contribution in [2.45, 2.75) is 13.3 Å². The van der Waals surface area contributed by atoms with Crippen molar-refractivity contribution < 1.29 is 17.9 Å². The molecule has 0 unspecified atom stereocenters. The van der Waals surface area contributed by atoms with Gasteiger partial charge in [-0.2, -0.15) is 10.1 Å². The minimum Gasteiger partial charge on any atom is -0.457 e. The van der Waals surface area contributed by atoms with E-state index < -0.39 is 12.2 Å². The summed E-state index contributed by atoms with van der Waals surface area (Å²) in [6.45, 7) is 1.36. The van der Waals surface area contributed by atoms with E-state index in [1.165, 1.54) is 31.3 Å². The molecule has 6 nitrogen and oxygen atoms in total. The zero-order valence-corrected chi connectivity index (χ0v) is 12.7. The van der Waals surface area contributed by atoms with E-state index in [0.29, 0.717) is 5.69 Å². The van der Waals surface area contributed by atoms with Crippen LogP contribution in [0.25, 0.3) is 0 Å². The zero-order valence-electron chi connectivity index (χ0n) is 12.7. The molecule has 2 rings (SSSR count). The first-order valence-corrected chi connectivity index (χ1v) is 6.80. The Hall–Kier alpha value is -2.97. The molecular weight excluding hydrogens is 323 g/mol. The van der Waals surface area contributed by atoms with Gasteiger partial charge in [0.05, 0.1) is 23.8 Å². The maximum absolute atomic E-state index is 13.1. The Balaban J connectivity index is 2.01. The highest BCUT2D eigenvalue weighted by molar-refractivity contribution is 6.31. The summed E-state index contributed by atoms with van der Waals surface area (Å²) in [5, 5.41) is 3.48. The number of nitrogens with zero attached hydrogens (tertiary/aromatic N) is 4. The van der Waals surface area contributed by atoms with Crippen LogP contribution >= 0.6 is 0 Å². The Kier molecular flexibility index (Phi) is 5.83. The molecular formula is C15H14F3N5O. The summed E-state index contributed by atoms with van der Waals surface area (Å²) in [7, 11) is 0. The van der Waals surface area contributed by atoms with E-state index in [0.717, 1.165) is 6.20 Å². The lowest BCUT2D eigenvalue weighted by Gasteiger charge is -2.04. The van der Waals surface area contributed by atoms with E-state index in [4.69, 9.17) is 10.6 Å². The third kappa shape index (κ3) is 4.77. The second kappa shape index (κ2) is 8.04. The number of benzene rings is 1. The van der Waals surface area contributed by atoms with Crippen LogP contribution in [0.4, 0.5) is 18.9 Å². The van der Waals surface area contributed by atoms with E-state index in [-0.39, 0.29) is 29.6 Å². The highest BCUT2D eigenvalue weighted by atomic mass is 19.3. The maximum Gasteiger partial charge on any atom is 0.317 e. The van der Waals surface area contributed by atoms with Crippen molar-refractivity contribution in [1.82, 2.24) is 9.97 Å². The van der Waals surface area contributed by atoms with E-state index in [2.05, 4.69) is 20.1 Å². The van der Waals surface area contributed by atoms with E-state index in [9.17, 15) is 13.2 Å². The van der Waals surface area contributed by atoms with Crippen LogP contribution in [0.2, 0.25) is 0 Å². The maximum atomic E-state index is 13.1. The number of alkyl halides is 2. The molecule has 0 fully saturated rings. The first-order chi connectivity index (χ1) is 11.5. The Bertz CT molecular complexity index is 765. The van der Waals surface area contributed by atoms with Gasteiger partial charge in [-0.3, -0.25) is 4.99 Å². The van der Waals surface area contributed by atoms with Crippen molar-refractivity contribution in [2.75, 3.05) is 6.61 Å². The van der Waals surface area contributed by atoms with Gasteiger partial charge in [-0.1, -0.05) is 12.1 Å². The monoisotopic (exact) mass is 337 g/mol. The fourth-order valence-electron chi connectivity index (χ4n) is 1.64. The summed E-state index contributed by atoms with van der Waals surface area (Å²) in [5.74, 6) is 4.68. The van der Waals surface area contributed by atoms with Gasteiger partial charge in [0.1, 0.15) is 12.3 Å². The molecule has 2 N–H and O–H groups in total. The standard InChI is InChI=1S/C15H14F3N5O/c1-9-13(16)7-21-15(22-9)24-8-12(23-19)6-20-11-4-2-3-10(5-11)14(17)18/h2-7,14H,8,19H2,1H3. The first kappa shape index (κ1) is 17.4. The number of hydrogen-bond acceptors (Lipinski definition) is 6. The average molecular weight is 337 g/mol. The summed E-state index contributed by atoms with van der Waals surface area (Å²) in [6.07, 6.45) is -0.313. The molecule has 0 aliphatic rings. The predicted octanol–water partition coefficient (Wildman–Crippen LogP) is 2.96. The Morgan fingerprint density at radius 1 is 1.42 bits per heavy atom. The van der Waals surface area contributed by atoms with Crippen molar-refractivity contribution in [3.05, 3.63) is 47.5 Å². The lowest BCUT2D eigenvalue weighted by Crippen LogP contribution is -2.16. The van der Waals surface area contributed by atoms with Gasteiger partial charge >= 0.3 is 6.01 Å². The third-order valence-corrected chi connectivity index (χ3v) is 2.90. The molecule has 0 saturated carbocycles. The van der Waals surface area contributed by atoms with Crippen molar-refractivity contribution >= 4 is 17.6 Å². The van der Waals surface area contributed by atoms with Gasteiger partial charge in [0.15, 0.2) is 5.82 Å². The summed E-state index contributed by atoms with van der Waals surface area (Å²) in [5.41, 5.74) is 0.553. The summed E-state index contributed by atoms with van der Waals surface area (Å²) >= 11 is 0. The highest BCUT2D eigenvalue weighted by Crippen LogP contribution is 2.22. The van der Waals surface area contributed by atoms with Gasteiger partial charge in [0.25, 0.3) is 6.43 Å². The molecule has 0 radical (unpaired) electrons. The molecule has 126 valence electrons. The second-order valence-electron chi connectivity index (χ2n) is 4.65. The number of hydrogen-bond donors (Lipinski definition) is 1.